The van der Waals surface area contributed by atoms with E-state index in [0.29, 0.717) is 16.2 Å². The van der Waals surface area contributed by atoms with Crippen molar-refractivity contribution in [2.75, 3.05) is 5.32 Å². The van der Waals surface area contributed by atoms with Crippen LogP contribution >= 0.6 is 12.2 Å². The number of aromatic nitrogens is 1. The minimum atomic E-state index is -0.215. The molecule has 0 unspecified atom stereocenters. The van der Waals surface area contributed by atoms with Crippen LogP contribution in [0.4, 0.5) is 5.69 Å². The van der Waals surface area contributed by atoms with Gasteiger partial charge in [0.15, 0.2) is 0 Å². The molecule has 0 bridgehead atoms. The van der Waals surface area contributed by atoms with Gasteiger partial charge in [-0.3, -0.25) is 9.78 Å². The minimum Gasteiger partial charge on any atom is -0.389 e. The number of amides is 1. The summed E-state index contributed by atoms with van der Waals surface area (Å²) in [6, 6.07) is 10.6. The van der Waals surface area contributed by atoms with Crippen molar-refractivity contribution in [1.29, 1.82) is 0 Å². The van der Waals surface area contributed by atoms with E-state index < -0.39 is 0 Å². The highest BCUT2D eigenvalue weighted by Crippen LogP contribution is 2.12. The van der Waals surface area contributed by atoms with E-state index in [1.54, 1.807) is 42.6 Å². The van der Waals surface area contributed by atoms with Crippen LogP contribution in [-0.2, 0) is 0 Å². The van der Waals surface area contributed by atoms with Gasteiger partial charge in [0.2, 0.25) is 0 Å². The summed E-state index contributed by atoms with van der Waals surface area (Å²) in [7, 11) is 0. The summed E-state index contributed by atoms with van der Waals surface area (Å²) in [5.41, 5.74) is 8.29. The van der Waals surface area contributed by atoms with Gasteiger partial charge >= 0.3 is 0 Å². The van der Waals surface area contributed by atoms with E-state index in [0.717, 1.165) is 11.3 Å². The van der Waals surface area contributed by atoms with Gasteiger partial charge in [-0.1, -0.05) is 24.4 Å². The van der Waals surface area contributed by atoms with Crippen LogP contribution in [0.25, 0.3) is 0 Å². The van der Waals surface area contributed by atoms with Gasteiger partial charge in [-0.25, -0.2) is 0 Å². The lowest BCUT2D eigenvalue weighted by Crippen LogP contribution is -2.14. The van der Waals surface area contributed by atoms with Crippen LogP contribution in [0.1, 0.15) is 21.6 Å². The molecule has 96 valence electrons. The van der Waals surface area contributed by atoms with Crippen LogP contribution in [0.2, 0.25) is 0 Å². The zero-order valence-corrected chi connectivity index (χ0v) is 11.2. The Bertz CT molecular complexity index is 623. The van der Waals surface area contributed by atoms with Gasteiger partial charge in [-0.15, -0.1) is 0 Å². The van der Waals surface area contributed by atoms with Crippen LogP contribution < -0.4 is 11.1 Å². The second kappa shape index (κ2) is 5.58. The fourth-order valence-electron chi connectivity index (χ4n) is 1.56. The summed E-state index contributed by atoms with van der Waals surface area (Å²) >= 11 is 4.90. The van der Waals surface area contributed by atoms with Gasteiger partial charge in [0.25, 0.3) is 5.91 Å². The van der Waals surface area contributed by atoms with Gasteiger partial charge in [-0.05, 0) is 31.2 Å². The molecule has 0 atom stereocenters. The number of rotatable bonds is 3. The van der Waals surface area contributed by atoms with E-state index in [1.165, 1.54) is 0 Å². The van der Waals surface area contributed by atoms with Crippen molar-refractivity contribution in [2.24, 2.45) is 5.73 Å². The maximum atomic E-state index is 12.0. The number of hydrogen-bond donors (Lipinski definition) is 2. The quantitative estimate of drug-likeness (QED) is 0.840. The first-order valence-electron chi connectivity index (χ1n) is 5.70. The number of pyridine rings is 1. The molecule has 0 spiro atoms. The third-order valence-corrected chi connectivity index (χ3v) is 2.81. The normalized spacial score (nSPS) is 9.95. The van der Waals surface area contributed by atoms with Crippen molar-refractivity contribution in [3.63, 3.8) is 0 Å². The fraction of sp³-hybridized carbons (Fsp3) is 0.0714. The molecule has 1 amide bonds. The lowest BCUT2D eigenvalue weighted by Gasteiger charge is -2.06. The van der Waals surface area contributed by atoms with E-state index in [4.69, 9.17) is 18.0 Å². The highest BCUT2D eigenvalue weighted by molar-refractivity contribution is 7.80. The number of anilines is 1. The molecule has 19 heavy (non-hydrogen) atoms. The molecule has 0 saturated carbocycles. The second-order valence-corrected chi connectivity index (χ2v) is 4.53. The summed E-state index contributed by atoms with van der Waals surface area (Å²) in [6.45, 7) is 1.87. The topological polar surface area (TPSA) is 68.0 Å². The fourth-order valence-corrected chi connectivity index (χ4v) is 1.68. The van der Waals surface area contributed by atoms with Gasteiger partial charge < -0.3 is 11.1 Å². The van der Waals surface area contributed by atoms with Crippen LogP contribution in [0.15, 0.2) is 42.6 Å². The maximum absolute atomic E-state index is 12.0. The van der Waals surface area contributed by atoms with E-state index in [1.807, 2.05) is 6.92 Å². The Labute approximate surface area is 116 Å². The number of benzene rings is 1. The predicted molar refractivity (Wildman–Crippen MR) is 79.3 cm³/mol. The first kappa shape index (κ1) is 13.2. The van der Waals surface area contributed by atoms with Crippen molar-refractivity contribution in [3.8, 4) is 0 Å². The molecule has 3 N–H and O–H groups in total. The summed E-state index contributed by atoms with van der Waals surface area (Å²) in [4.78, 5) is 16.4. The average Bonchev–Trinajstić information content (AvgIpc) is 2.39. The highest BCUT2D eigenvalue weighted by atomic mass is 32.1. The monoisotopic (exact) mass is 271 g/mol. The molecule has 0 aliphatic rings. The van der Waals surface area contributed by atoms with Crippen LogP contribution in [0.5, 0.6) is 0 Å². The van der Waals surface area contributed by atoms with Crippen molar-refractivity contribution in [1.82, 2.24) is 4.98 Å². The first-order valence-corrected chi connectivity index (χ1v) is 6.11. The van der Waals surface area contributed by atoms with Gasteiger partial charge in [0.1, 0.15) is 4.99 Å². The van der Waals surface area contributed by atoms with E-state index in [9.17, 15) is 4.79 Å². The van der Waals surface area contributed by atoms with Crippen molar-refractivity contribution < 1.29 is 4.79 Å². The zero-order chi connectivity index (χ0) is 13.8. The molecule has 5 heteroatoms. The lowest BCUT2D eigenvalue weighted by atomic mass is 10.2. The standard InChI is InChI=1S/C14H13N3OS/c1-9-5-6-11(8-16-9)14(18)17-12-4-2-3-10(7-12)13(15)19/h2-8H,1H3,(H2,15,19)(H,17,18). The average molecular weight is 271 g/mol. The van der Waals surface area contributed by atoms with Crippen molar-refractivity contribution in [2.45, 2.75) is 6.92 Å². The van der Waals surface area contributed by atoms with Crippen LogP contribution in [-0.4, -0.2) is 15.9 Å². The van der Waals surface area contributed by atoms with Crippen LogP contribution in [0.3, 0.4) is 0 Å². The second-order valence-electron chi connectivity index (χ2n) is 4.09. The first-order chi connectivity index (χ1) is 9.06. The van der Waals surface area contributed by atoms with Crippen molar-refractivity contribution in [3.05, 3.63) is 59.4 Å². The molecule has 1 aromatic carbocycles. The molecule has 1 aromatic heterocycles. The number of nitrogens with two attached hydrogens (primary N) is 1. The molecule has 1 heterocycles. The molecule has 0 aliphatic heterocycles. The Kier molecular flexibility index (Phi) is 3.87. The molecule has 4 nitrogen and oxygen atoms in total. The third kappa shape index (κ3) is 3.35. The lowest BCUT2D eigenvalue weighted by molar-refractivity contribution is 0.102. The SMILES string of the molecule is Cc1ccc(C(=O)Nc2cccc(C(N)=S)c2)cn1. The molecule has 2 rings (SSSR count). The van der Waals surface area contributed by atoms with Crippen molar-refractivity contribution >= 4 is 28.8 Å². The summed E-state index contributed by atoms with van der Waals surface area (Å²) in [5, 5.41) is 2.78. The van der Waals surface area contributed by atoms with Gasteiger partial charge in [0, 0.05) is 23.1 Å². The zero-order valence-electron chi connectivity index (χ0n) is 10.4. The number of carbonyl (C=O) groups excluding carboxylic acids is 1. The number of thiocarbonyl (C=S) groups is 1. The molecule has 0 saturated heterocycles. The Morgan fingerprint density at radius 2 is 2.05 bits per heavy atom. The Morgan fingerprint density at radius 3 is 2.68 bits per heavy atom. The number of hydrogen-bond acceptors (Lipinski definition) is 3. The third-order valence-electron chi connectivity index (χ3n) is 2.58. The number of carbonyl (C=O) groups is 1. The molecule has 0 aliphatic carbocycles. The van der Waals surface area contributed by atoms with E-state index in [-0.39, 0.29) is 5.91 Å². The molecule has 0 radical (unpaired) electrons. The van der Waals surface area contributed by atoms with Crippen LogP contribution in [0, 0.1) is 6.92 Å². The summed E-state index contributed by atoms with van der Waals surface area (Å²) in [6.07, 6.45) is 1.54. The van der Waals surface area contributed by atoms with E-state index >= 15 is 0 Å². The predicted octanol–water partition coefficient (Wildman–Crippen LogP) is 2.28. The molecular weight excluding hydrogens is 258 g/mol. The highest BCUT2D eigenvalue weighted by Gasteiger charge is 2.07. The summed E-state index contributed by atoms with van der Waals surface area (Å²) < 4.78 is 0. The number of nitrogens with one attached hydrogen (secondary N) is 1. The Morgan fingerprint density at radius 1 is 1.26 bits per heavy atom. The number of aryl methyl sites for hydroxylation is 1. The molecule has 0 fully saturated rings. The number of nitrogens with zero attached hydrogens (tertiary/aromatic N) is 1. The van der Waals surface area contributed by atoms with E-state index in [2.05, 4.69) is 10.3 Å². The minimum absolute atomic E-state index is 0.215. The summed E-state index contributed by atoms with van der Waals surface area (Å²) in [5.74, 6) is -0.215. The maximum Gasteiger partial charge on any atom is 0.257 e. The Balaban J connectivity index is 2.17. The Hall–Kier alpha value is -2.27. The van der Waals surface area contributed by atoms with Gasteiger partial charge in [0.05, 0.1) is 5.56 Å². The molecule has 2 aromatic rings. The van der Waals surface area contributed by atoms with Gasteiger partial charge in [-0.2, -0.15) is 0 Å². The molecular formula is C14H13N3OS. The smallest absolute Gasteiger partial charge is 0.257 e. The largest absolute Gasteiger partial charge is 0.389 e.